The minimum atomic E-state index is -0.210. The van der Waals surface area contributed by atoms with Gasteiger partial charge in [-0.2, -0.15) is 0 Å². The lowest BCUT2D eigenvalue weighted by Gasteiger charge is -2.04. The Morgan fingerprint density at radius 1 is 1.53 bits per heavy atom. The molecule has 0 aliphatic rings. The monoisotopic (exact) mass is 267 g/mol. The number of nitrogens with one attached hydrogen (secondary N) is 1. The van der Waals surface area contributed by atoms with E-state index in [-0.39, 0.29) is 5.91 Å². The third-order valence-electron chi connectivity index (χ3n) is 2.16. The molecular weight excluding hydrogens is 258 g/mol. The van der Waals surface area contributed by atoms with Crippen LogP contribution in [0.4, 0.5) is 0 Å². The zero-order chi connectivity index (χ0) is 12.1. The number of rotatable bonds is 4. The average Bonchev–Trinajstić information content (AvgIpc) is 2.82. The van der Waals surface area contributed by atoms with E-state index in [4.69, 9.17) is 11.6 Å². The van der Waals surface area contributed by atoms with E-state index in [1.54, 1.807) is 29.1 Å². The van der Waals surface area contributed by atoms with Crippen LogP contribution < -0.4 is 5.32 Å². The molecule has 0 radical (unpaired) electrons. The largest absolute Gasteiger partial charge is 0.352 e. The number of aromatic nitrogens is 2. The molecule has 6 heteroatoms. The summed E-state index contributed by atoms with van der Waals surface area (Å²) in [6.07, 6.45) is 3.72. The number of carbonyl (C=O) groups is 1. The molecule has 2 aromatic heterocycles. The quantitative estimate of drug-likeness (QED) is 0.924. The van der Waals surface area contributed by atoms with Gasteiger partial charge in [0.05, 0.1) is 21.8 Å². The van der Waals surface area contributed by atoms with Gasteiger partial charge >= 0.3 is 0 Å². The van der Waals surface area contributed by atoms with Crippen molar-refractivity contribution in [3.8, 4) is 0 Å². The van der Waals surface area contributed by atoms with Crippen molar-refractivity contribution < 1.29 is 4.79 Å². The van der Waals surface area contributed by atoms with E-state index in [0.29, 0.717) is 23.6 Å². The van der Waals surface area contributed by atoms with E-state index in [1.807, 2.05) is 5.38 Å². The summed E-state index contributed by atoms with van der Waals surface area (Å²) in [6.45, 7) is 0.536. The van der Waals surface area contributed by atoms with E-state index >= 15 is 0 Å². The summed E-state index contributed by atoms with van der Waals surface area (Å²) in [7, 11) is 0. The predicted octanol–water partition coefficient (Wildman–Crippen LogP) is 2.16. The number of halogens is 1. The van der Waals surface area contributed by atoms with Gasteiger partial charge in [0, 0.05) is 30.7 Å². The zero-order valence-electron chi connectivity index (χ0n) is 8.89. The summed E-state index contributed by atoms with van der Waals surface area (Å²) < 4.78 is 0. The Bertz CT molecular complexity index is 501. The van der Waals surface area contributed by atoms with Crippen LogP contribution in [-0.2, 0) is 6.42 Å². The number of hydrogen-bond acceptors (Lipinski definition) is 4. The topological polar surface area (TPSA) is 54.9 Å². The van der Waals surface area contributed by atoms with Gasteiger partial charge in [-0.1, -0.05) is 11.6 Å². The molecule has 0 unspecified atom stereocenters. The standard InChI is InChI=1S/C11H10ClN3OS/c12-10-2-3-13-5-9(10)11(16)14-4-1-8-6-17-7-15-8/h2-3,5-7H,1,4H2,(H,14,16). The van der Waals surface area contributed by atoms with Gasteiger partial charge in [-0.25, -0.2) is 4.98 Å². The third kappa shape index (κ3) is 3.25. The summed E-state index contributed by atoms with van der Waals surface area (Å²) in [5, 5.41) is 5.15. The molecule has 0 saturated carbocycles. The number of thiazole rings is 1. The highest BCUT2D eigenvalue weighted by Crippen LogP contribution is 2.12. The minimum absolute atomic E-state index is 0.210. The normalized spacial score (nSPS) is 10.2. The number of carbonyl (C=O) groups excluding carboxylic acids is 1. The smallest absolute Gasteiger partial charge is 0.254 e. The summed E-state index contributed by atoms with van der Waals surface area (Å²) >= 11 is 7.43. The summed E-state index contributed by atoms with van der Waals surface area (Å²) in [5.74, 6) is -0.210. The Morgan fingerprint density at radius 3 is 3.12 bits per heavy atom. The van der Waals surface area contributed by atoms with E-state index in [9.17, 15) is 4.79 Å². The van der Waals surface area contributed by atoms with Crippen molar-refractivity contribution in [1.29, 1.82) is 0 Å². The van der Waals surface area contributed by atoms with Crippen molar-refractivity contribution in [3.05, 3.63) is 45.6 Å². The lowest BCUT2D eigenvalue weighted by Crippen LogP contribution is -2.26. The maximum absolute atomic E-state index is 11.7. The van der Waals surface area contributed by atoms with Gasteiger partial charge in [0.1, 0.15) is 0 Å². The molecule has 1 N–H and O–H groups in total. The highest BCUT2D eigenvalue weighted by molar-refractivity contribution is 7.07. The molecule has 2 rings (SSSR count). The van der Waals surface area contributed by atoms with Gasteiger partial charge in [0.2, 0.25) is 0 Å². The minimum Gasteiger partial charge on any atom is -0.352 e. The van der Waals surface area contributed by atoms with Crippen LogP contribution in [0.15, 0.2) is 29.4 Å². The van der Waals surface area contributed by atoms with Crippen molar-refractivity contribution in [3.63, 3.8) is 0 Å². The highest BCUT2D eigenvalue weighted by Gasteiger charge is 2.09. The van der Waals surface area contributed by atoms with Crippen molar-refractivity contribution in [1.82, 2.24) is 15.3 Å². The third-order valence-corrected chi connectivity index (χ3v) is 3.13. The highest BCUT2D eigenvalue weighted by atomic mass is 35.5. The molecule has 0 spiro atoms. The van der Waals surface area contributed by atoms with Crippen molar-refractivity contribution >= 4 is 28.8 Å². The molecule has 88 valence electrons. The van der Waals surface area contributed by atoms with Crippen LogP contribution in [-0.4, -0.2) is 22.4 Å². The predicted molar refractivity (Wildman–Crippen MR) is 67.4 cm³/mol. The first-order chi connectivity index (χ1) is 8.27. The Labute approximate surface area is 108 Å². The van der Waals surface area contributed by atoms with Crippen molar-refractivity contribution in [2.75, 3.05) is 6.54 Å². The van der Waals surface area contributed by atoms with E-state index in [0.717, 1.165) is 5.69 Å². The average molecular weight is 268 g/mol. The SMILES string of the molecule is O=C(NCCc1cscn1)c1cnccc1Cl. The summed E-state index contributed by atoms with van der Waals surface area (Å²) in [6, 6.07) is 1.59. The lowest BCUT2D eigenvalue weighted by molar-refractivity contribution is 0.0954. The van der Waals surface area contributed by atoms with E-state index < -0.39 is 0 Å². The molecule has 0 saturated heterocycles. The van der Waals surface area contributed by atoms with Crippen LogP contribution in [0.2, 0.25) is 5.02 Å². The molecule has 1 amide bonds. The summed E-state index contributed by atoms with van der Waals surface area (Å²) in [5.41, 5.74) is 3.15. The van der Waals surface area contributed by atoms with Crippen LogP contribution in [0.1, 0.15) is 16.1 Å². The van der Waals surface area contributed by atoms with Crippen molar-refractivity contribution in [2.24, 2.45) is 0 Å². The van der Waals surface area contributed by atoms with Crippen LogP contribution >= 0.6 is 22.9 Å². The van der Waals surface area contributed by atoms with E-state index in [2.05, 4.69) is 15.3 Å². The van der Waals surface area contributed by atoms with Gasteiger partial charge < -0.3 is 5.32 Å². The zero-order valence-corrected chi connectivity index (χ0v) is 10.5. The van der Waals surface area contributed by atoms with Crippen LogP contribution in [0, 0.1) is 0 Å². The van der Waals surface area contributed by atoms with Crippen LogP contribution in [0.3, 0.4) is 0 Å². The Balaban J connectivity index is 1.88. The summed E-state index contributed by atoms with van der Waals surface area (Å²) in [4.78, 5) is 19.7. The first-order valence-electron chi connectivity index (χ1n) is 5.02. The molecule has 0 bridgehead atoms. The molecule has 0 atom stereocenters. The van der Waals surface area contributed by atoms with Gasteiger partial charge in [0.25, 0.3) is 5.91 Å². The maximum atomic E-state index is 11.7. The fourth-order valence-electron chi connectivity index (χ4n) is 1.30. The second kappa shape index (κ2) is 5.75. The van der Waals surface area contributed by atoms with Gasteiger partial charge in [-0.15, -0.1) is 11.3 Å². The molecule has 0 fully saturated rings. The second-order valence-corrected chi connectivity index (χ2v) is 4.47. The number of nitrogens with zero attached hydrogens (tertiary/aromatic N) is 2. The fourth-order valence-corrected chi connectivity index (χ4v) is 2.09. The van der Waals surface area contributed by atoms with Gasteiger partial charge in [0.15, 0.2) is 0 Å². The molecule has 0 aliphatic heterocycles. The molecule has 0 aliphatic carbocycles. The lowest BCUT2D eigenvalue weighted by atomic mass is 10.2. The molecular formula is C11H10ClN3OS. The molecule has 2 aromatic rings. The maximum Gasteiger partial charge on any atom is 0.254 e. The molecule has 0 aromatic carbocycles. The molecule has 17 heavy (non-hydrogen) atoms. The van der Waals surface area contributed by atoms with Crippen molar-refractivity contribution in [2.45, 2.75) is 6.42 Å². The molecule has 2 heterocycles. The Morgan fingerprint density at radius 2 is 2.41 bits per heavy atom. The first-order valence-corrected chi connectivity index (χ1v) is 6.34. The Hall–Kier alpha value is -1.46. The number of pyridine rings is 1. The second-order valence-electron chi connectivity index (χ2n) is 3.34. The van der Waals surface area contributed by atoms with Gasteiger partial charge in [-0.05, 0) is 6.07 Å². The number of amides is 1. The first kappa shape index (κ1) is 12.0. The van der Waals surface area contributed by atoms with E-state index in [1.165, 1.54) is 6.20 Å². The van der Waals surface area contributed by atoms with Gasteiger partial charge in [-0.3, -0.25) is 9.78 Å². The molecule has 4 nitrogen and oxygen atoms in total. The van der Waals surface area contributed by atoms with Crippen LogP contribution in [0.5, 0.6) is 0 Å². The van der Waals surface area contributed by atoms with Crippen LogP contribution in [0.25, 0.3) is 0 Å². The Kier molecular flexibility index (Phi) is 4.06. The number of hydrogen-bond donors (Lipinski definition) is 1. The fraction of sp³-hybridized carbons (Fsp3) is 0.182.